The zero-order chi connectivity index (χ0) is 28.7. The van der Waals surface area contributed by atoms with Crippen molar-refractivity contribution in [1.82, 2.24) is 14.7 Å². The Balaban J connectivity index is 1.59. The van der Waals surface area contributed by atoms with Gasteiger partial charge in [-0.15, -0.1) is 0 Å². The van der Waals surface area contributed by atoms with Crippen molar-refractivity contribution in [3.05, 3.63) is 54.3 Å². The molecule has 1 saturated heterocycles. The Kier molecular flexibility index (Phi) is 10.1. The summed E-state index contributed by atoms with van der Waals surface area (Å²) in [6.07, 6.45) is 4.18. The van der Waals surface area contributed by atoms with Crippen molar-refractivity contribution in [2.75, 3.05) is 19.6 Å². The van der Waals surface area contributed by atoms with E-state index in [1.807, 2.05) is 0 Å². The van der Waals surface area contributed by atoms with Crippen molar-refractivity contribution in [2.45, 2.75) is 68.4 Å². The van der Waals surface area contributed by atoms with Gasteiger partial charge in [-0.05, 0) is 80.1 Å². The lowest BCUT2D eigenvalue weighted by Crippen LogP contribution is -2.54. The fraction of sp³-hybridized carbons (Fsp3) is 0.500. The van der Waals surface area contributed by atoms with Crippen LogP contribution in [0.5, 0.6) is 11.5 Å². The van der Waals surface area contributed by atoms with Crippen LogP contribution in [0.3, 0.4) is 0 Å². The average Bonchev–Trinajstić information content (AvgIpc) is 2.97. The van der Waals surface area contributed by atoms with E-state index >= 15 is 0 Å². The maximum Gasteiger partial charge on any atom is 0.262 e. The number of hydrogen-bond acceptors (Lipinski definition) is 7. The van der Waals surface area contributed by atoms with Crippen LogP contribution in [-0.4, -0.2) is 71.5 Å². The number of likely N-dealkylation sites (tertiary alicyclic amines) is 1. The van der Waals surface area contributed by atoms with Crippen LogP contribution in [0, 0.1) is 11.7 Å². The molecule has 218 valence electrons. The number of amides is 2. The minimum absolute atomic E-state index is 0.0981. The summed E-state index contributed by atoms with van der Waals surface area (Å²) in [6, 6.07) is 9.82. The normalized spacial score (nSPS) is 17.9. The van der Waals surface area contributed by atoms with Crippen LogP contribution in [-0.2, 0) is 19.6 Å². The smallest absolute Gasteiger partial charge is 0.262 e. The molecule has 1 aliphatic heterocycles. The molecule has 0 aromatic heterocycles. The number of aliphatic hydroxyl groups excluding tert-OH is 1. The Morgan fingerprint density at radius 3 is 2.12 bits per heavy atom. The van der Waals surface area contributed by atoms with Gasteiger partial charge in [0.2, 0.25) is 15.9 Å². The number of hydroxylamine groups is 1. The van der Waals surface area contributed by atoms with Crippen LogP contribution < -0.4 is 10.2 Å². The number of rotatable bonds is 10. The van der Waals surface area contributed by atoms with E-state index in [2.05, 4.69) is 0 Å². The van der Waals surface area contributed by atoms with E-state index < -0.39 is 33.9 Å². The maximum absolute atomic E-state index is 14.0. The number of benzene rings is 2. The Bertz CT molecular complexity index is 1240. The highest BCUT2D eigenvalue weighted by Gasteiger charge is 2.41. The molecule has 3 N–H and O–H groups in total. The number of ether oxygens (including phenoxy) is 1. The van der Waals surface area contributed by atoms with Crippen LogP contribution in [0.25, 0.3) is 0 Å². The number of piperidine rings is 1. The quantitative estimate of drug-likeness (QED) is 0.291. The minimum Gasteiger partial charge on any atom is -0.457 e. The molecule has 10 nitrogen and oxygen atoms in total. The molecular weight excluding hydrogens is 541 g/mol. The van der Waals surface area contributed by atoms with Crippen molar-refractivity contribution < 1.29 is 37.4 Å². The summed E-state index contributed by atoms with van der Waals surface area (Å²) in [5.74, 6) is -1.13. The number of nitrogens with zero attached hydrogens (tertiary/aromatic N) is 2. The van der Waals surface area contributed by atoms with Gasteiger partial charge in [0.05, 0.1) is 11.0 Å². The Hall–Kier alpha value is -3.06. The molecular formula is C28H36FN3O7S. The first-order chi connectivity index (χ1) is 19.2. The number of carbonyl (C=O) groups excluding carboxylic acids is 2. The van der Waals surface area contributed by atoms with Crippen molar-refractivity contribution >= 4 is 21.8 Å². The third kappa shape index (κ3) is 7.36. The standard InChI is InChI=1S/C28H36FN3O7S/c29-21-6-8-23(9-7-21)39-24-10-12-25(13-11-24)40(37,38)32(19-16-26(34)31-17-14-22(33)15-18-31)27(28(35)30-36)20-4-2-1-3-5-20/h6-13,20,22,27,33,36H,1-5,14-19H2,(H,30,35). The van der Waals surface area contributed by atoms with E-state index in [-0.39, 0.29) is 29.7 Å². The summed E-state index contributed by atoms with van der Waals surface area (Å²) in [4.78, 5) is 27.4. The lowest BCUT2D eigenvalue weighted by molar-refractivity contribution is -0.137. The zero-order valence-electron chi connectivity index (χ0n) is 22.2. The predicted octanol–water partition coefficient (Wildman–Crippen LogP) is 3.44. The number of nitrogens with one attached hydrogen (secondary N) is 1. The topological polar surface area (TPSA) is 136 Å². The maximum atomic E-state index is 14.0. The molecule has 1 aliphatic carbocycles. The van der Waals surface area contributed by atoms with Gasteiger partial charge in [0.15, 0.2) is 0 Å². The molecule has 2 aliphatic rings. The Morgan fingerprint density at radius 1 is 0.975 bits per heavy atom. The summed E-state index contributed by atoms with van der Waals surface area (Å²) in [6.45, 7) is 0.513. The molecule has 4 rings (SSSR count). The van der Waals surface area contributed by atoms with Gasteiger partial charge < -0.3 is 14.7 Å². The van der Waals surface area contributed by atoms with Gasteiger partial charge in [-0.25, -0.2) is 18.3 Å². The van der Waals surface area contributed by atoms with E-state index in [0.29, 0.717) is 50.3 Å². The first kappa shape index (κ1) is 29.9. The van der Waals surface area contributed by atoms with E-state index in [9.17, 15) is 32.7 Å². The molecule has 2 amide bonds. The molecule has 2 aromatic rings. The summed E-state index contributed by atoms with van der Waals surface area (Å²) < 4.78 is 47.9. The summed E-state index contributed by atoms with van der Waals surface area (Å²) in [5.41, 5.74) is 1.65. The third-order valence-corrected chi connectivity index (χ3v) is 9.52. The SMILES string of the molecule is O=C(NO)C(C1CCCCC1)N(CCC(=O)N1CCC(O)CC1)S(=O)(=O)c1ccc(Oc2ccc(F)cc2)cc1. The van der Waals surface area contributed by atoms with E-state index in [1.54, 1.807) is 10.4 Å². The second kappa shape index (κ2) is 13.5. The number of sulfonamides is 1. The Morgan fingerprint density at radius 2 is 1.55 bits per heavy atom. The zero-order valence-corrected chi connectivity index (χ0v) is 23.1. The van der Waals surface area contributed by atoms with Gasteiger partial charge in [-0.3, -0.25) is 14.8 Å². The predicted molar refractivity (Wildman–Crippen MR) is 144 cm³/mol. The Labute approximate surface area is 233 Å². The second-order valence-electron chi connectivity index (χ2n) is 10.3. The largest absolute Gasteiger partial charge is 0.457 e. The number of hydrogen-bond donors (Lipinski definition) is 3. The molecule has 40 heavy (non-hydrogen) atoms. The van der Waals surface area contributed by atoms with Gasteiger partial charge in [-0.1, -0.05) is 19.3 Å². The fourth-order valence-corrected chi connectivity index (χ4v) is 7.09. The van der Waals surface area contributed by atoms with Crippen molar-refractivity contribution in [3.63, 3.8) is 0 Å². The number of carbonyl (C=O) groups is 2. The van der Waals surface area contributed by atoms with Crippen LogP contribution in [0.4, 0.5) is 4.39 Å². The van der Waals surface area contributed by atoms with E-state index in [0.717, 1.165) is 23.6 Å². The van der Waals surface area contributed by atoms with Crippen LogP contribution in [0.2, 0.25) is 0 Å². The lowest BCUT2D eigenvalue weighted by Gasteiger charge is -2.37. The van der Waals surface area contributed by atoms with Crippen LogP contribution in [0.15, 0.2) is 53.4 Å². The number of halogens is 1. The van der Waals surface area contributed by atoms with Crippen molar-refractivity contribution in [3.8, 4) is 11.5 Å². The first-order valence-electron chi connectivity index (χ1n) is 13.6. The van der Waals surface area contributed by atoms with Crippen LogP contribution >= 0.6 is 0 Å². The van der Waals surface area contributed by atoms with Gasteiger partial charge in [0.1, 0.15) is 23.4 Å². The van der Waals surface area contributed by atoms with Gasteiger partial charge >= 0.3 is 0 Å². The average molecular weight is 578 g/mol. The van der Waals surface area contributed by atoms with E-state index in [1.165, 1.54) is 48.5 Å². The summed E-state index contributed by atoms with van der Waals surface area (Å²) in [5, 5.41) is 19.3. The molecule has 0 spiro atoms. The first-order valence-corrected chi connectivity index (χ1v) is 15.1. The highest BCUT2D eigenvalue weighted by Crippen LogP contribution is 2.33. The van der Waals surface area contributed by atoms with Crippen LogP contribution in [0.1, 0.15) is 51.4 Å². The summed E-state index contributed by atoms with van der Waals surface area (Å²) in [7, 11) is -4.29. The van der Waals surface area contributed by atoms with E-state index in [4.69, 9.17) is 4.74 Å². The minimum atomic E-state index is -4.29. The molecule has 2 aromatic carbocycles. The molecule has 0 bridgehead atoms. The molecule has 1 unspecified atom stereocenters. The molecule has 1 saturated carbocycles. The van der Waals surface area contributed by atoms with Crippen molar-refractivity contribution in [2.24, 2.45) is 5.92 Å². The van der Waals surface area contributed by atoms with Gasteiger partial charge in [0.25, 0.3) is 5.91 Å². The molecule has 1 atom stereocenters. The highest BCUT2D eigenvalue weighted by atomic mass is 32.2. The molecule has 2 fully saturated rings. The lowest BCUT2D eigenvalue weighted by atomic mass is 9.83. The molecule has 12 heteroatoms. The van der Waals surface area contributed by atoms with Gasteiger partial charge in [0, 0.05) is 26.1 Å². The van der Waals surface area contributed by atoms with Gasteiger partial charge in [-0.2, -0.15) is 4.31 Å². The third-order valence-electron chi connectivity index (χ3n) is 7.63. The monoisotopic (exact) mass is 577 g/mol. The summed E-state index contributed by atoms with van der Waals surface area (Å²) >= 11 is 0. The second-order valence-corrected chi connectivity index (χ2v) is 12.2. The number of aliphatic hydroxyl groups is 1. The van der Waals surface area contributed by atoms with Crippen molar-refractivity contribution in [1.29, 1.82) is 0 Å². The fourth-order valence-electron chi connectivity index (χ4n) is 5.44. The molecule has 0 radical (unpaired) electrons. The molecule has 1 heterocycles. The highest BCUT2D eigenvalue weighted by molar-refractivity contribution is 7.89.